The molecule has 5 aromatic heterocycles. The largest absolute Gasteiger partial charge is 0.881 e. The zero-order chi connectivity index (χ0) is 102. The molecule has 22 rings (SSSR count). The molecule has 0 saturated carbocycles. The number of hydrogen-bond acceptors (Lipinski definition) is 13. The van der Waals surface area contributed by atoms with Gasteiger partial charge >= 0.3 is 80.9 Å². The second-order valence-corrected chi connectivity index (χ2v) is 42.3. The van der Waals surface area contributed by atoms with Gasteiger partial charge in [-0.1, -0.05) is 361 Å². The van der Waals surface area contributed by atoms with Gasteiger partial charge in [0.15, 0.2) is 23.3 Å². The molecule has 9 radical (unpaired) electrons. The third kappa shape index (κ3) is 27.5. The lowest BCUT2D eigenvalue weighted by Crippen LogP contribution is -2.54. The van der Waals surface area contributed by atoms with Crippen molar-refractivity contribution < 1.29 is 30.3 Å². The van der Waals surface area contributed by atoms with Gasteiger partial charge in [-0.05, 0) is 243 Å². The first-order valence-electron chi connectivity index (χ1n) is 48.0. The fraction of sp³-hybridized carbons (Fsp3) is 0.0880. The summed E-state index contributed by atoms with van der Waals surface area (Å²) in [5.74, 6) is 6.27. The van der Waals surface area contributed by atoms with E-state index in [-0.39, 0.29) is 0 Å². The molecule has 0 atom stereocenters. The molecule has 0 N–H and O–H groups in total. The number of pyridine rings is 5. The van der Waals surface area contributed by atoms with Crippen LogP contribution in [0.3, 0.4) is 0 Å². The van der Waals surface area contributed by atoms with E-state index >= 15 is 0 Å². The van der Waals surface area contributed by atoms with Crippen molar-refractivity contribution in [1.29, 1.82) is 0 Å². The monoisotopic (exact) mass is 2010 g/mol. The van der Waals surface area contributed by atoms with Crippen molar-refractivity contribution in [3.05, 3.63) is 504 Å². The second kappa shape index (κ2) is 51.7. The molecule has 0 aliphatic carbocycles. The van der Waals surface area contributed by atoms with Gasteiger partial charge in [-0.15, -0.1) is 0 Å². The summed E-state index contributed by atoms with van der Waals surface area (Å²) in [6, 6.07) is 148. The van der Waals surface area contributed by atoms with Crippen molar-refractivity contribution in [3.63, 3.8) is 0 Å². The van der Waals surface area contributed by atoms with Gasteiger partial charge in [0.25, 0.3) is 0 Å². The summed E-state index contributed by atoms with van der Waals surface area (Å²) in [5, 5.41) is 19.0. The van der Waals surface area contributed by atoms with E-state index in [9.17, 15) is 0 Å². The van der Waals surface area contributed by atoms with Crippen molar-refractivity contribution in [2.24, 2.45) is 0 Å². The molecule has 14 nitrogen and oxygen atoms in total. The van der Waals surface area contributed by atoms with Gasteiger partial charge in [0, 0.05) is 55.4 Å². The van der Waals surface area contributed by atoms with E-state index < -0.39 is 65.3 Å². The molecule has 0 aliphatic heterocycles. The molecule has 146 heavy (non-hydrogen) atoms. The lowest BCUT2D eigenvalue weighted by atomic mass is 10.1. The topological polar surface area (TPSA) is 143 Å². The summed E-state index contributed by atoms with van der Waals surface area (Å²) < 4.78 is 45.5. The van der Waals surface area contributed by atoms with Crippen molar-refractivity contribution in [3.8, 4) is 57.1 Å². The summed E-state index contributed by atoms with van der Waals surface area (Å²) in [6.07, 6.45) is 0. The maximum absolute atomic E-state index is 7.26. The van der Waals surface area contributed by atoms with Crippen molar-refractivity contribution in [1.82, 2.24) is 24.9 Å². The minimum absolute atomic E-state index is 0.578. The van der Waals surface area contributed by atoms with Crippen LogP contribution < -0.4 is 61.4 Å². The Morgan fingerprint density at radius 3 is 1.16 bits per heavy atom. The highest BCUT2D eigenvalue weighted by Crippen LogP contribution is 2.35. The number of para-hydroxylation sites is 4. The van der Waals surface area contributed by atoms with Gasteiger partial charge in [-0.25, -0.2) is 24.8 Å². The first-order chi connectivity index (χ1) is 71.3. The fourth-order valence-corrected chi connectivity index (χ4v) is 25.0. The lowest BCUT2D eigenvalue weighted by molar-refractivity contribution is 0.459. The highest BCUT2D eigenvalue weighted by atomic mass is 28.3. The standard InChI is InChI=1S/C22H17Si.C21H21Si.C12H10O.C11H8N2O.2C11H11NO.2C10H9NO.C10H8O.C7H8O.5Al/c1-3-11-20(12-4-1)23(21-13-5-2-6-14-21)22-16-15-18-9-7-8-10-19(18)17-22;1-16-10-4-7-13-19(16)22(20-14-8-5-11-17(20)2)21-15-9-6-12-18(21)3;13-12-8-6-11(7-9-12)10-4-2-1-3-5-10;1-7-3-4-8-9(12-2)5-6-10(14)11(8)13-7;1-7-5-9-4-3-8(2)12-11(9)10(13)6-7;1-7-6-8(2)12-11-9(7)4-3-5-10(11)13;2*1-7-5-6-8-3-2-4-9(12)10(8)11-7;11-10-6-5-8-3-1-2-4-9(8)7-10;1-6-4-2-3-5-7(6)8;;;;;/h1-17H;4-15H,1-3H3;1-9,13H;3-6,14H,1H3;2*3-6,13H,1-2H3;2*2-6,12H,1H3;1-7,11H;2-5,8H,1H3;;;;;/q;;;;;;;;;;2*+1;3*+2/p-8. The third-order valence-corrected chi connectivity index (χ3v) is 33.0. The fourth-order valence-electron chi connectivity index (χ4n) is 17.0. The van der Waals surface area contributed by atoms with Crippen molar-refractivity contribution >= 4 is 211 Å². The van der Waals surface area contributed by atoms with E-state index in [0.29, 0.717) is 17.0 Å². The maximum Gasteiger partial charge on any atom is 0.881 e. The Hall–Kier alpha value is -14.7. The SMILES string of the molecule is Cc1cc(C)c2cccc([O][Al][O]c3ccc(-c4ccccc4)cc3)c2n1.Cc1cc([O][Al][O]c2ccc3ccccc3c2)c2nc(C)ccc2c1.Cc1ccc2cccc([O][Al])c2n1.Cc1ccc2cccc([O][Al])c2n1.Cc1ccccc1[Si](c1ccccc1C)c1ccccc1C.[C-]#[N+]c1ccc([O][Al][O]c2ccccc2C)c2nc(C)ccc12.c1ccc([Si](c2ccccc2)c2ccc3ccccc3c2)cc1. The van der Waals surface area contributed by atoms with Gasteiger partial charge in [0.2, 0.25) is 0 Å². The number of fused-ring (bicyclic) bond motifs is 7. The molecular weight excluding hydrogens is 1900 g/mol. The van der Waals surface area contributed by atoms with Gasteiger partial charge in [0.05, 0.1) is 29.3 Å². The minimum atomic E-state index is -0.968. The number of aromatic nitrogens is 5. The van der Waals surface area contributed by atoms with Crippen LogP contribution in [0.15, 0.2) is 431 Å². The zero-order valence-corrected chi connectivity index (χ0v) is 91.1. The summed E-state index contributed by atoms with van der Waals surface area (Å²) in [5.41, 5.74) is 19.7. The van der Waals surface area contributed by atoms with Crippen LogP contribution in [0.25, 0.3) is 92.0 Å². The molecule has 21 heteroatoms. The Balaban J connectivity index is 0.000000123. The second-order valence-electron chi connectivity index (χ2n) is 35.0. The lowest BCUT2D eigenvalue weighted by Gasteiger charge is -2.22. The summed E-state index contributed by atoms with van der Waals surface area (Å²) in [4.78, 5) is 26.1. The number of rotatable bonds is 21. The molecule has 17 aromatic carbocycles. The summed E-state index contributed by atoms with van der Waals surface area (Å²) >= 11 is 2.43. The number of benzene rings is 17. The predicted octanol–water partition coefficient (Wildman–Crippen LogP) is 25.4. The zero-order valence-electron chi connectivity index (χ0n) is 83.3. The molecule has 0 amide bonds. The van der Waals surface area contributed by atoms with E-state index in [1.807, 2.05) is 217 Å². The van der Waals surface area contributed by atoms with Crippen LogP contribution in [0.1, 0.15) is 61.9 Å². The predicted molar refractivity (Wildman–Crippen MR) is 609 cm³/mol. The summed E-state index contributed by atoms with van der Waals surface area (Å²) in [6.45, 7) is 30.0. The van der Waals surface area contributed by atoms with Crippen LogP contribution in [0, 0.1) is 82.7 Å². The molecule has 0 unspecified atom stereocenters. The van der Waals surface area contributed by atoms with Crippen LogP contribution in [0.2, 0.25) is 0 Å². The van der Waals surface area contributed by atoms with Crippen LogP contribution in [-0.2, 0) is 0 Å². The van der Waals surface area contributed by atoms with Crippen LogP contribution in [0.4, 0.5) is 5.69 Å². The molecule has 5 heterocycles. The van der Waals surface area contributed by atoms with E-state index in [1.165, 1.54) is 80.7 Å². The van der Waals surface area contributed by atoms with Gasteiger partial charge in [-0.3, -0.25) is 4.98 Å². The van der Waals surface area contributed by atoms with Crippen LogP contribution in [-0.4, -0.2) is 123 Å². The molecule has 0 saturated heterocycles. The highest BCUT2D eigenvalue weighted by molar-refractivity contribution is 6.96. The van der Waals surface area contributed by atoms with Crippen molar-refractivity contribution in [2.75, 3.05) is 0 Å². The van der Waals surface area contributed by atoms with E-state index in [0.717, 1.165) is 134 Å². The molecule has 22 aromatic rings. The number of hydrogen-bond donors (Lipinski definition) is 0. The molecule has 0 aliphatic rings. The molecule has 0 fully saturated rings. The van der Waals surface area contributed by atoms with Crippen LogP contribution >= 0.6 is 0 Å². The average molecular weight is 2010 g/mol. The number of nitrogens with zero attached hydrogens (tertiary/aromatic N) is 6. The van der Waals surface area contributed by atoms with Gasteiger partial charge in [0.1, 0.15) is 50.8 Å². The Morgan fingerprint density at radius 2 is 0.616 bits per heavy atom. The first kappa shape index (κ1) is 104. The Morgan fingerprint density at radius 1 is 0.233 bits per heavy atom. The number of aryl methyl sites for hydroxylation is 11. The van der Waals surface area contributed by atoms with E-state index in [1.54, 1.807) is 12.1 Å². The maximum atomic E-state index is 7.26. The molecular formula is C125H104Al5N6O8Si2. The Labute approximate surface area is 895 Å². The highest BCUT2D eigenvalue weighted by Gasteiger charge is 2.26. The summed E-state index contributed by atoms with van der Waals surface area (Å²) in [7, 11) is -1.94. The third-order valence-electron chi connectivity index (χ3n) is 24.4. The smallest absolute Gasteiger partial charge is 0.652 e. The quantitative estimate of drug-likeness (QED) is 0.0383. The minimum Gasteiger partial charge on any atom is -0.652 e. The average Bonchev–Trinajstić information content (AvgIpc) is 0.818. The molecule has 0 spiro atoms. The molecule has 0 bridgehead atoms. The van der Waals surface area contributed by atoms with Gasteiger partial charge < -0.3 is 30.3 Å². The van der Waals surface area contributed by atoms with Gasteiger partial charge in [-0.2, -0.15) is 0 Å². The van der Waals surface area contributed by atoms with E-state index in [2.05, 4.69) is 340 Å². The first-order valence-corrected chi connectivity index (χ1v) is 54.7. The van der Waals surface area contributed by atoms with Crippen LogP contribution in [0.5, 0.6) is 46.0 Å². The Bertz CT molecular complexity index is 8060. The van der Waals surface area contributed by atoms with Crippen molar-refractivity contribution in [2.45, 2.75) is 76.2 Å². The molecule has 705 valence electrons. The normalized spacial score (nSPS) is 10.6. The van der Waals surface area contributed by atoms with E-state index in [4.69, 9.17) is 36.9 Å². The Kier molecular flexibility index (Phi) is 36.9.